The van der Waals surface area contributed by atoms with Gasteiger partial charge in [0.25, 0.3) is 9.05 Å². The topological polar surface area (TPSA) is 69.7 Å². The number of hydrogen-bond acceptors (Lipinski definition) is 5. The summed E-state index contributed by atoms with van der Waals surface area (Å²) in [5.74, 6) is -0.598. The van der Waals surface area contributed by atoms with Gasteiger partial charge in [-0.15, -0.1) is 0 Å². The zero-order valence-corrected chi connectivity index (χ0v) is 13.1. The van der Waals surface area contributed by atoms with E-state index in [0.29, 0.717) is 6.42 Å². The number of carbonyl (C=O) groups is 1. The number of benzene rings is 1. The van der Waals surface area contributed by atoms with Crippen molar-refractivity contribution < 1.29 is 22.7 Å². The zero-order chi connectivity index (χ0) is 15.4. The van der Waals surface area contributed by atoms with Gasteiger partial charge in [-0.05, 0) is 32.0 Å². The van der Waals surface area contributed by atoms with E-state index in [1.807, 2.05) is 13.8 Å². The van der Waals surface area contributed by atoms with Crippen LogP contribution in [-0.2, 0) is 18.5 Å². The second-order valence-corrected chi connectivity index (χ2v) is 7.38. The van der Waals surface area contributed by atoms with E-state index in [0.717, 1.165) is 0 Å². The summed E-state index contributed by atoms with van der Waals surface area (Å²) in [5, 5.41) is 0. The van der Waals surface area contributed by atoms with E-state index in [1.54, 1.807) is 7.11 Å². The lowest BCUT2D eigenvalue weighted by Gasteiger charge is -2.22. The first kappa shape index (κ1) is 16.9. The van der Waals surface area contributed by atoms with E-state index >= 15 is 0 Å². The number of halogens is 1. The molecule has 0 fully saturated rings. The van der Waals surface area contributed by atoms with Gasteiger partial charge >= 0.3 is 5.97 Å². The molecule has 7 heteroatoms. The summed E-state index contributed by atoms with van der Waals surface area (Å²) in [5.41, 5.74) is -0.247. The Morgan fingerprint density at radius 2 is 2.00 bits per heavy atom. The van der Waals surface area contributed by atoms with Crippen LogP contribution in [-0.4, -0.2) is 33.7 Å². The predicted octanol–water partition coefficient (Wildman–Crippen LogP) is 2.59. The maximum absolute atomic E-state index is 11.8. The third kappa shape index (κ3) is 5.11. The SMILES string of the molecule is COC(C)(C)CCOC(=O)c1cccc(S(=O)(=O)Cl)c1. The molecule has 112 valence electrons. The molecule has 0 amide bonds. The Morgan fingerprint density at radius 3 is 2.55 bits per heavy atom. The van der Waals surface area contributed by atoms with Crippen molar-refractivity contribution in [2.45, 2.75) is 30.8 Å². The van der Waals surface area contributed by atoms with Gasteiger partial charge in [0.1, 0.15) is 0 Å². The molecule has 1 aromatic rings. The number of rotatable bonds is 6. The summed E-state index contributed by atoms with van der Waals surface area (Å²) in [7, 11) is 2.94. The Labute approximate surface area is 123 Å². The number of esters is 1. The first-order chi connectivity index (χ1) is 9.15. The van der Waals surface area contributed by atoms with Crippen LogP contribution in [0.4, 0.5) is 0 Å². The second-order valence-electron chi connectivity index (χ2n) is 4.82. The highest BCUT2D eigenvalue weighted by Gasteiger charge is 2.18. The van der Waals surface area contributed by atoms with Gasteiger partial charge in [0.2, 0.25) is 0 Å². The van der Waals surface area contributed by atoms with Crippen LogP contribution in [0.2, 0.25) is 0 Å². The Balaban J connectivity index is 2.70. The molecular weight excluding hydrogens is 304 g/mol. The van der Waals surface area contributed by atoms with Crippen molar-refractivity contribution in [2.75, 3.05) is 13.7 Å². The normalized spacial score (nSPS) is 12.2. The minimum atomic E-state index is -3.86. The fraction of sp³-hybridized carbons (Fsp3) is 0.462. The fourth-order valence-corrected chi connectivity index (χ4v) is 2.15. The molecule has 0 saturated carbocycles. The first-order valence-corrected chi connectivity index (χ1v) is 8.24. The van der Waals surface area contributed by atoms with Crippen molar-refractivity contribution in [2.24, 2.45) is 0 Å². The molecule has 0 aliphatic rings. The molecule has 0 saturated heterocycles. The summed E-state index contributed by atoms with van der Waals surface area (Å²) in [6, 6.07) is 5.40. The highest BCUT2D eigenvalue weighted by atomic mass is 35.7. The number of hydrogen-bond donors (Lipinski definition) is 0. The lowest BCUT2D eigenvalue weighted by molar-refractivity contribution is -0.00564. The molecule has 0 unspecified atom stereocenters. The van der Waals surface area contributed by atoms with Crippen LogP contribution >= 0.6 is 10.7 Å². The maximum Gasteiger partial charge on any atom is 0.338 e. The average Bonchev–Trinajstić information content (AvgIpc) is 2.37. The van der Waals surface area contributed by atoms with Crippen molar-refractivity contribution in [3.63, 3.8) is 0 Å². The van der Waals surface area contributed by atoms with Gasteiger partial charge in [0.05, 0.1) is 22.7 Å². The molecule has 1 rings (SSSR count). The summed E-state index contributed by atoms with van der Waals surface area (Å²) >= 11 is 0. The summed E-state index contributed by atoms with van der Waals surface area (Å²) in [4.78, 5) is 11.7. The highest BCUT2D eigenvalue weighted by Crippen LogP contribution is 2.17. The minimum Gasteiger partial charge on any atom is -0.462 e. The molecule has 0 bridgehead atoms. The highest BCUT2D eigenvalue weighted by molar-refractivity contribution is 8.13. The Morgan fingerprint density at radius 1 is 1.35 bits per heavy atom. The summed E-state index contributed by atoms with van der Waals surface area (Å²) in [6.07, 6.45) is 0.530. The van der Waals surface area contributed by atoms with E-state index < -0.39 is 15.0 Å². The quantitative estimate of drug-likeness (QED) is 0.595. The second kappa shape index (κ2) is 6.56. The summed E-state index contributed by atoms with van der Waals surface area (Å²) in [6.45, 7) is 3.93. The van der Waals surface area contributed by atoms with Gasteiger partial charge < -0.3 is 9.47 Å². The lowest BCUT2D eigenvalue weighted by Crippen LogP contribution is -2.25. The zero-order valence-electron chi connectivity index (χ0n) is 11.6. The average molecular weight is 321 g/mol. The first-order valence-electron chi connectivity index (χ1n) is 5.93. The third-order valence-electron chi connectivity index (χ3n) is 2.84. The fourth-order valence-electron chi connectivity index (χ4n) is 1.35. The number of carbonyl (C=O) groups excluding carboxylic acids is 1. The van der Waals surface area contributed by atoms with Crippen LogP contribution in [0.3, 0.4) is 0 Å². The van der Waals surface area contributed by atoms with Crippen LogP contribution in [0.1, 0.15) is 30.6 Å². The monoisotopic (exact) mass is 320 g/mol. The molecule has 1 aromatic carbocycles. The largest absolute Gasteiger partial charge is 0.462 e. The van der Waals surface area contributed by atoms with Gasteiger partial charge in [-0.2, -0.15) is 0 Å². The standard InChI is InChI=1S/C13H17ClO5S/c1-13(2,18-3)7-8-19-12(15)10-5-4-6-11(9-10)20(14,16)17/h4-6,9H,7-8H2,1-3H3. The Bertz CT molecular complexity index is 580. The van der Waals surface area contributed by atoms with E-state index in [9.17, 15) is 13.2 Å². The van der Waals surface area contributed by atoms with Crippen LogP contribution in [0, 0.1) is 0 Å². The Hall–Kier alpha value is -1.11. The van der Waals surface area contributed by atoms with Crippen LogP contribution in [0.5, 0.6) is 0 Å². The van der Waals surface area contributed by atoms with Crippen molar-refractivity contribution in [1.82, 2.24) is 0 Å². The number of ether oxygens (including phenoxy) is 2. The molecular formula is C13H17ClO5S. The van der Waals surface area contributed by atoms with Gasteiger partial charge in [-0.3, -0.25) is 0 Å². The van der Waals surface area contributed by atoms with E-state index in [4.69, 9.17) is 20.2 Å². The molecule has 0 heterocycles. The molecule has 5 nitrogen and oxygen atoms in total. The van der Waals surface area contributed by atoms with E-state index in [1.165, 1.54) is 24.3 Å². The van der Waals surface area contributed by atoms with Crippen molar-refractivity contribution in [1.29, 1.82) is 0 Å². The minimum absolute atomic E-state index is 0.133. The Kier molecular flexibility index (Phi) is 5.56. The molecule has 0 aromatic heterocycles. The van der Waals surface area contributed by atoms with Crippen molar-refractivity contribution in [3.8, 4) is 0 Å². The molecule has 20 heavy (non-hydrogen) atoms. The smallest absolute Gasteiger partial charge is 0.338 e. The molecule has 0 aliphatic carbocycles. The van der Waals surface area contributed by atoms with E-state index in [2.05, 4.69) is 0 Å². The molecule has 0 aliphatic heterocycles. The van der Waals surface area contributed by atoms with Crippen molar-refractivity contribution >= 4 is 25.7 Å². The predicted molar refractivity (Wildman–Crippen MR) is 75.5 cm³/mol. The van der Waals surface area contributed by atoms with Crippen LogP contribution < -0.4 is 0 Å². The maximum atomic E-state index is 11.8. The number of methoxy groups -OCH3 is 1. The van der Waals surface area contributed by atoms with Gasteiger partial charge in [0, 0.05) is 24.2 Å². The van der Waals surface area contributed by atoms with Gasteiger partial charge in [0.15, 0.2) is 0 Å². The van der Waals surface area contributed by atoms with Gasteiger partial charge in [-0.25, -0.2) is 13.2 Å². The molecule has 0 radical (unpaired) electrons. The third-order valence-corrected chi connectivity index (χ3v) is 4.19. The summed E-state index contributed by atoms with van der Waals surface area (Å²) < 4.78 is 32.7. The van der Waals surface area contributed by atoms with E-state index in [-0.39, 0.29) is 22.7 Å². The molecule has 0 N–H and O–H groups in total. The lowest BCUT2D eigenvalue weighted by atomic mass is 10.1. The van der Waals surface area contributed by atoms with Crippen LogP contribution in [0.15, 0.2) is 29.2 Å². The van der Waals surface area contributed by atoms with Crippen LogP contribution in [0.25, 0.3) is 0 Å². The van der Waals surface area contributed by atoms with Crippen molar-refractivity contribution in [3.05, 3.63) is 29.8 Å². The molecule has 0 atom stereocenters. The molecule has 0 spiro atoms. The van der Waals surface area contributed by atoms with Gasteiger partial charge in [-0.1, -0.05) is 6.07 Å².